The molecule has 7 heteroatoms. The van der Waals surface area contributed by atoms with E-state index in [9.17, 15) is 4.39 Å². The van der Waals surface area contributed by atoms with Crippen molar-refractivity contribution in [2.75, 3.05) is 0 Å². The summed E-state index contributed by atoms with van der Waals surface area (Å²) in [5.41, 5.74) is 5.65. The Morgan fingerprint density at radius 2 is 1.95 bits per heavy atom. The lowest BCUT2D eigenvalue weighted by Crippen LogP contribution is -2.14. The van der Waals surface area contributed by atoms with Crippen LogP contribution < -0.4 is 10.5 Å². The van der Waals surface area contributed by atoms with E-state index >= 15 is 0 Å². The van der Waals surface area contributed by atoms with Crippen molar-refractivity contribution < 1.29 is 14.3 Å². The molecule has 2 aromatic carbocycles. The number of amidine groups is 1. The zero-order valence-corrected chi connectivity index (χ0v) is 12.3. The van der Waals surface area contributed by atoms with Gasteiger partial charge in [0.1, 0.15) is 17.3 Å². The summed E-state index contributed by atoms with van der Waals surface area (Å²) in [5.74, 6) is -0.0450. The Balaban J connectivity index is 2.43. The zero-order chi connectivity index (χ0) is 14.7. The monoisotopic (exact) mass is 358 g/mol. The van der Waals surface area contributed by atoms with Crippen molar-refractivity contribution in [2.45, 2.75) is 0 Å². The van der Waals surface area contributed by atoms with E-state index < -0.39 is 5.82 Å². The molecule has 2 rings (SSSR count). The van der Waals surface area contributed by atoms with Crippen LogP contribution in [0, 0.1) is 5.82 Å². The number of oxime groups is 1. The van der Waals surface area contributed by atoms with E-state index in [1.807, 2.05) is 0 Å². The number of hydrogen-bond acceptors (Lipinski definition) is 3. The fraction of sp³-hybridized carbons (Fsp3) is 0. The van der Waals surface area contributed by atoms with Gasteiger partial charge in [-0.2, -0.15) is 0 Å². The van der Waals surface area contributed by atoms with Crippen LogP contribution in [0.1, 0.15) is 5.56 Å². The molecule has 20 heavy (non-hydrogen) atoms. The molecular weight excluding hydrogens is 351 g/mol. The van der Waals surface area contributed by atoms with Crippen molar-refractivity contribution in [1.29, 1.82) is 0 Å². The third kappa shape index (κ3) is 3.20. The fourth-order valence-corrected chi connectivity index (χ4v) is 2.29. The average molecular weight is 360 g/mol. The van der Waals surface area contributed by atoms with Gasteiger partial charge in [0, 0.05) is 5.02 Å². The second kappa shape index (κ2) is 6.11. The van der Waals surface area contributed by atoms with Crippen molar-refractivity contribution in [3.63, 3.8) is 0 Å². The van der Waals surface area contributed by atoms with Crippen molar-refractivity contribution >= 4 is 33.4 Å². The molecular formula is C13H9BrClFN2O2. The highest BCUT2D eigenvalue weighted by Gasteiger charge is 2.12. The van der Waals surface area contributed by atoms with Crippen molar-refractivity contribution in [3.05, 3.63) is 57.3 Å². The molecule has 0 saturated carbocycles. The van der Waals surface area contributed by atoms with E-state index in [4.69, 9.17) is 27.3 Å². The van der Waals surface area contributed by atoms with Crippen LogP contribution in [0.5, 0.6) is 11.5 Å². The highest BCUT2D eigenvalue weighted by molar-refractivity contribution is 9.10. The molecule has 4 nitrogen and oxygen atoms in total. The van der Waals surface area contributed by atoms with Crippen molar-refractivity contribution in [2.24, 2.45) is 10.9 Å². The van der Waals surface area contributed by atoms with Gasteiger partial charge >= 0.3 is 0 Å². The minimum atomic E-state index is -0.519. The standard InChI is InChI=1S/C13H9BrClFN2O2/c14-10-5-7(15)1-3-12(10)20-11-4-2-8(16)6-9(11)13(17)18-19/h1-6,19H,(H2,17,18). The predicted molar refractivity (Wildman–Crippen MR) is 78.1 cm³/mol. The maximum absolute atomic E-state index is 13.2. The van der Waals surface area contributed by atoms with Gasteiger partial charge in [-0.3, -0.25) is 0 Å². The van der Waals surface area contributed by atoms with Gasteiger partial charge in [0.05, 0.1) is 10.0 Å². The highest BCUT2D eigenvalue weighted by atomic mass is 79.9. The first-order valence-electron chi connectivity index (χ1n) is 5.41. The molecule has 0 spiro atoms. The fourth-order valence-electron chi connectivity index (χ4n) is 1.52. The van der Waals surface area contributed by atoms with Crippen LogP contribution in [0.4, 0.5) is 4.39 Å². The maximum Gasteiger partial charge on any atom is 0.173 e. The van der Waals surface area contributed by atoms with Crippen LogP contribution in [0.2, 0.25) is 5.02 Å². The van der Waals surface area contributed by atoms with Crippen LogP contribution in [-0.4, -0.2) is 11.0 Å². The zero-order valence-electron chi connectivity index (χ0n) is 9.98. The summed E-state index contributed by atoms with van der Waals surface area (Å²) in [6.07, 6.45) is 0. The minimum Gasteiger partial charge on any atom is -0.455 e. The number of ether oxygens (including phenoxy) is 1. The summed E-state index contributed by atoms with van der Waals surface area (Å²) in [6, 6.07) is 8.68. The topological polar surface area (TPSA) is 67.8 Å². The predicted octanol–water partition coefficient (Wildman–Crippen LogP) is 4.13. The van der Waals surface area contributed by atoms with Gasteiger partial charge in [-0.15, -0.1) is 0 Å². The smallest absolute Gasteiger partial charge is 0.173 e. The number of halogens is 3. The average Bonchev–Trinajstić information content (AvgIpc) is 2.42. The summed E-state index contributed by atoms with van der Waals surface area (Å²) < 4.78 is 19.5. The molecule has 0 bridgehead atoms. The first-order valence-corrected chi connectivity index (χ1v) is 6.58. The summed E-state index contributed by atoms with van der Waals surface area (Å²) in [6.45, 7) is 0. The number of nitrogens with zero attached hydrogens (tertiary/aromatic N) is 1. The lowest BCUT2D eigenvalue weighted by molar-refractivity contribution is 0.318. The molecule has 0 fully saturated rings. The molecule has 0 amide bonds. The molecule has 3 N–H and O–H groups in total. The molecule has 0 saturated heterocycles. The number of hydrogen-bond donors (Lipinski definition) is 2. The summed E-state index contributed by atoms with van der Waals surface area (Å²) in [5, 5.41) is 12.1. The Morgan fingerprint density at radius 1 is 1.25 bits per heavy atom. The van der Waals surface area contributed by atoms with Gasteiger partial charge in [-0.25, -0.2) is 4.39 Å². The van der Waals surface area contributed by atoms with E-state index in [-0.39, 0.29) is 17.1 Å². The van der Waals surface area contributed by atoms with E-state index in [1.54, 1.807) is 18.2 Å². The first-order chi connectivity index (χ1) is 9.51. The van der Waals surface area contributed by atoms with Crippen LogP contribution in [0.15, 0.2) is 46.0 Å². The van der Waals surface area contributed by atoms with E-state index in [0.717, 1.165) is 6.07 Å². The number of rotatable bonds is 3. The molecule has 104 valence electrons. The lowest BCUT2D eigenvalue weighted by atomic mass is 10.2. The summed E-state index contributed by atoms with van der Waals surface area (Å²) in [7, 11) is 0. The Bertz CT molecular complexity index is 679. The summed E-state index contributed by atoms with van der Waals surface area (Å²) >= 11 is 9.14. The first kappa shape index (κ1) is 14.6. The Labute approximate surface area is 127 Å². The largest absolute Gasteiger partial charge is 0.455 e. The molecule has 0 aliphatic carbocycles. The van der Waals surface area contributed by atoms with Crippen LogP contribution in [0.3, 0.4) is 0 Å². The van der Waals surface area contributed by atoms with E-state index in [1.165, 1.54) is 12.1 Å². The highest BCUT2D eigenvalue weighted by Crippen LogP contribution is 2.33. The van der Waals surface area contributed by atoms with Crippen LogP contribution >= 0.6 is 27.5 Å². The van der Waals surface area contributed by atoms with Gasteiger partial charge in [-0.05, 0) is 52.3 Å². The molecule has 0 aliphatic heterocycles. The van der Waals surface area contributed by atoms with E-state index in [2.05, 4.69) is 21.1 Å². The third-order valence-electron chi connectivity index (χ3n) is 2.44. The van der Waals surface area contributed by atoms with Crippen LogP contribution in [-0.2, 0) is 0 Å². The van der Waals surface area contributed by atoms with E-state index in [0.29, 0.717) is 15.2 Å². The Morgan fingerprint density at radius 3 is 2.60 bits per heavy atom. The van der Waals surface area contributed by atoms with Gasteiger partial charge < -0.3 is 15.7 Å². The number of benzene rings is 2. The van der Waals surface area contributed by atoms with Gasteiger partial charge in [0.2, 0.25) is 0 Å². The molecule has 2 aromatic rings. The van der Waals surface area contributed by atoms with Gasteiger partial charge in [-0.1, -0.05) is 16.8 Å². The summed E-state index contributed by atoms with van der Waals surface area (Å²) in [4.78, 5) is 0. The molecule has 0 radical (unpaired) electrons. The van der Waals surface area contributed by atoms with Gasteiger partial charge in [0.15, 0.2) is 5.84 Å². The SMILES string of the molecule is NC(=NO)c1cc(F)ccc1Oc1ccc(Cl)cc1Br. The Kier molecular flexibility index (Phi) is 4.46. The van der Waals surface area contributed by atoms with Crippen LogP contribution in [0.25, 0.3) is 0 Å². The molecule has 0 aliphatic rings. The second-order valence-electron chi connectivity index (χ2n) is 3.80. The van der Waals surface area contributed by atoms with Crippen molar-refractivity contribution in [1.82, 2.24) is 0 Å². The molecule has 0 atom stereocenters. The minimum absolute atomic E-state index is 0.148. The molecule has 0 aromatic heterocycles. The quantitative estimate of drug-likeness (QED) is 0.375. The Hall–Kier alpha value is -1.79. The number of nitrogens with two attached hydrogens (primary N) is 1. The normalized spacial score (nSPS) is 11.4. The second-order valence-corrected chi connectivity index (χ2v) is 5.09. The molecule has 0 unspecified atom stereocenters. The van der Waals surface area contributed by atoms with Crippen molar-refractivity contribution in [3.8, 4) is 11.5 Å². The lowest BCUT2D eigenvalue weighted by Gasteiger charge is -2.11. The third-order valence-corrected chi connectivity index (χ3v) is 3.29. The molecule has 0 heterocycles. The van der Waals surface area contributed by atoms with Gasteiger partial charge in [0.25, 0.3) is 0 Å². The maximum atomic E-state index is 13.2.